The van der Waals surface area contributed by atoms with Crippen LogP contribution in [0, 0.1) is 0 Å². The summed E-state index contributed by atoms with van der Waals surface area (Å²) in [5.41, 5.74) is 7.35. The van der Waals surface area contributed by atoms with Gasteiger partial charge in [-0.15, -0.1) is 0 Å². The Kier molecular flexibility index (Phi) is 3.74. The lowest BCUT2D eigenvalue weighted by atomic mass is 10.0. The molecule has 5 rings (SSSR count). The van der Waals surface area contributed by atoms with Gasteiger partial charge in [-0.25, -0.2) is 4.98 Å². The lowest BCUT2D eigenvalue weighted by molar-refractivity contribution is 0.135. The minimum Gasteiger partial charge on any atom is -0.372 e. The van der Waals surface area contributed by atoms with E-state index in [-0.39, 0.29) is 0 Å². The van der Waals surface area contributed by atoms with E-state index in [1.165, 1.54) is 28.7 Å². The molecule has 0 spiro atoms. The van der Waals surface area contributed by atoms with Gasteiger partial charge in [0.05, 0.1) is 18.7 Å². The van der Waals surface area contributed by atoms with Crippen molar-refractivity contribution in [2.45, 2.75) is 38.6 Å². The second-order valence-electron chi connectivity index (χ2n) is 6.87. The number of fused-ring (bicyclic) bond motifs is 4. The van der Waals surface area contributed by atoms with Gasteiger partial charge in [-0.1, -0.05) is 48.0 Å². The van der Waals surface area contributed by atoms with E-state index in [0.29, 0.717) is 24.4 Å². The van der Waals surface area contributed by atoms with E-state index in [2.05, 4.69) is 52.8 Å². The third-order valence-corrected chi connectivity index (χ3v) is 5.71. The summed E-state index contributed by atoms with van der Waals surface area (Å²) in [6.07, 6.45) is 2.33. The highest BCUT2D eigenvalue weighted by Gasteiger charge is 2.22. The van der Waals surface area contributed by atoms with Crippen LogP contribution in [0.5, 0.6) is 0 Å². The van der Waals surface area contributed by atoms with Gasteiger partial charge in [-0.05, 0) is 41.2 Å². The maximum Gasteiger partial charge on any atom is 0.135 e. The van der Waals surface area contributed by atoms with Crippen LogP contribution < -0.4 is 5.32 Å². The summed E-state index contributed by atoms with van der Waals surface area (Å²) in [6.45, 7) is 2.04. The first kappa shape index (κ1) is 15.3. The Labute approximate surface area is 152 Å². The average molecular weight is 351 g/mol. The normalized spacial score (nSPS) is 18.5. The largest absolute Gasteiger partial charge is 0.372 e. The second kappa shape index (κ2) is 6.10. The van der Waals surface area contributed by atoms with Crippen LogP contribution in [0.4, 0.5) is 0 Å². The molecule has 0 saturated heterocycles. The summed E-state index contributed by atoms with van der Waals surface area (Å²) in [7, 11) is 0. The number of aryl methyl sites for hydroxylation is 1. The number of aromatic nitrogens is 1. The van der Waals surface area contributed by atoms with Gasteiger partial charge in [0, 0.05) is 23.5 Å². The maximum atomic E-state index is 6.33. The number of hydrogen-bond acceptors (Lipinski definition) is 3. The number of hydrogen-bond donors (Lipinski definition) is 1. The molecule has 1 atom stereocenters. The Morgan fingerprint density at radius 2 is 2.00 bits per heavy atom. The van der Waals surface area contributed by atoms with Crippen LogP contribution in [0.15, 0.2) is 42.5 Å². The number of ether oxygens (including phenoxy) is 1. The Hall–Kier alpha value is -1.94. The van der Waals surface area contributed by atoms with Gasteiger partial charge in [-0.3, -0.25) is 0 Å². The van der Waals surface area contributed by atoms with Gasteiger partial charge < -0.3 is 10.1 Å². The van der Waals surface area contributed by atoms with Crippen molar-refractivity contribution in [2.24, 2.45) is 0 Å². The van der Waals surface area contributed by atoms with Gasteiger partial charge in [-0.2, -0.15) is 0 Å². The van der Waals surface area contributed by atoms with E-state index in [1.807, 2.05) is 0 Å². The molecule has 0 amide bonds. The summed E-state index contributed by atoms with van der Waals surface area (Å²) in [5, 5.41) is 5.44. The molecule has 4 heteroatoms. The van der Waals surface area contributed by atoms with E-state index >= 15 is 0 Å². The molecule has 2 aromatic carbocycles. The minimum atomic E-state index is 0.442. The Balaban J connectivity index is 1.40. The highest BCUT2D eigenvalue weighted by Crippen LogP contribution is 2.33. The monoisotopic (exact) mass is 350 g/mol. The summed E-state index contributed by atoms with van der Waals surface area (Å²) >= 11 is 6.33. The van der Waals surface area contributed by atoms with Crippen LogP contribution in [-0.2, 0) is 30.9 Å². The lowest BCUT2D eigenvalue weighted by Gasteiger charge is -2.15. The molecule has 25 heavy (non-hydrogen) atoms. The molecule has 1 aliphatic heterocycles. The van der Waals surface area contributed by atoms with Crippen LogP contribution >= 0.6 is 11.6 Å². The maximum absolute atomic E-state index is 6.33. The number of nitrogens with zero attached hydrogens (tertiary/aromatic N) is 1. The Morgan fingerprint density at radius 1 is 1.12 bits per heavy atom. The van der Waals surface area contributed by atoms with Crippen molar-refractivity contribution < 1.29 is 4.74 Å². The molecule has 0 saturated carbocycles. The average Bonchev–Trinajstić information content (AvgIpc) is 3.27. The minimum absolute atomic E-state index is 0.442. The fraction of sp³-hybridized carbons (Fsp3) is 0.286. The highest BCUT2D eigenvalue weighted by molar-refractivity contribution is 6.30. The molecule has 0 fully saturated rings. The van der Waals surface area contributed by atoms with E-state index in [4.69, 9.17) is 16.3 Å². The highest BCUT2D eigenvalue weighted by atomic mass is 35.5. The first-order chi connectivity index (χ1) is 12.3. The number of nitrogens with one attached hydrogen (secondary N) is 1. The SMILES string of the molecule is Clc1nc2cc(CNC3CCc4ccccc43)ccc2c2c1COC2. The summed E-state index contributed by atoms with van der Waals surface area (Å²) < 4.78 is 5.55. The number of benzene rings is 2. The first-order valence-corrected chi connectivity index (χ1v) is 9.16. The zero-order valence-corrected chi connectivity index (χ0v) is 14.6. The second-order valence-corrected chi connectivity index (χ2v) is 7.23. The third kappa shape index (κ3) is 2.63. The van der Waals surface area contributed by atoms with Gasteiger partial charge in [0.1, 0.15) is 5.15 Å². The van der Waals surface area contributed by atoms with Crippen molar-refractivity contribution in [2.75, 3.05) is 0 Å². The number of pyridine rings is 1. The fourth-order valence-corrected chi connectivity index (χ4v) is 4.33. The van der Waals surface area contributed by atoms with Crippen LogP contribution in [0.2, 0.25) is 5.15 Å². The molecule has 1 aromatic heterocycles. The molecule has 2 aliphatic rings. The Bertz CT molecular complexity index is 970. The van der Waals surface area contributed by atoms with Crippen molar-refractivity contribution in [3.63, 3.8) is 0 Å². The molecule has 2 heterocycles. The van der Waals surface area contributed by atoms with Crippen molar-refractivity contribution >= 4 is 22.5 Å². The summed E-state index contributed by atoms with van der Waals surface area (Å²) in [4.78, 5) is 4.58. The van der Waals surface area contributed by atoms with Gasteiger partial charge in [0.25, 0.3) is 0 Å². The van der Waals surface area contributed by atoms with E-state index in [0.717, 1.165) is 29.4 Å². The van der Waals surface area contributed by atoms with E-state index in [9.17, 15) is 0 Å². The van der Waals surface area contributed by atoms with Gasteiger partial charge in [0.2, 0.25) is 0 Å². The predicted octanol–water partition coefficient (Wildman–Crippen LogP) is 4.70. The molecular formula is C21H19ClN2O. The van der Waals surface area contributed by atoms with Gasteiger partial charge >= 0.3 is 0 Å². The number of rotatable bonds is 3. The topological polar surface area (TPSA) is 34.2 Å². The van der Waals surface area contributed by atoms with Crippen molar-refractivity contribution in [1.29, 1.82) is 0 Å². The molecule has 1 N–H and O–H groups in total. The summed E-state index contributed by atoms with van der Waals surface area (Å²) in [5.74, 6) is 0. The molecular weight excluding hydrogens is 332 g/mol. The molecule has 0 bridgehead atoms. The first-order valence-electron chi connectivity index (χ1n) is 8.78. The number of halogens is 1. The van der Waals surface area contributed by atoms with Gasteiger partial charge in [0.15, 0.2) is 0 Å². The molecule has 3 nitrogen and oxygen atoms in total. The lowest BCUT2D eigenvalue weighted by Crippen LogP contribution is -2.18. The quantitative estimate of drug-likeness (QED) is 0.695. The van der Waals surface area contributed by atoms with Crippen LogP contribution in [0.25, 0.3) is 10.9 Å². The van der Waals surface area contributed by atoms with Crippen molar-refractivity contribution in [3.8, 4) is 0 Å². The Morgan fingerprint density at radius 3 is 2.96 bits per heavy atom. The van der Waals surface area contributed by atoms with Crippen molar-refractivity contribution in [1.82, 2.24) is 10.3 Å². The molecule has 1 unspecified atom stereocenters. The van der Waals surface area contributed by atoms with Crippen LogP contribution in [0.1, 0.15) is 40.3 Å². The zero-order chi connectivity index (χ0) is 16.8. The van der Waals surface area contributed by atoms with E-state index < -0.39 is 0 Å². The molecule has 1 aliphatic carbocycles. The summed E-state index contributed by atoms with van der Waals surface area (Å²) in [6, 6.07) is 15.7. The molecule has 3 aromatic rings. The van der Waals surface area contributed by atoms with E-state index in [1.54, 1.807) is 0 Å². The fourth-order valence-electron chi connectivity index (χ4n) is 4.07. The standard InChI is InChI=1S/C21H19ClN2O/c22-21-18-12-25-11-17(18)16-7-5-13(9-20(16)24-21)10-23-19-8-6-14-3-1-2-4-15(14)19/h1-5,7,9,19,23H,6,8,10-12H2. The van der Waals surface area contributed by atoms with Crippen LogP contribution in [-0.4, -0.2) is 4.98 Å². The predicted molar refractivity (Wildman–Crippen MR) is 99.6 cm³/mol. The smallest absolute Gasteiger partial charge is 0.135 e. The van der Waals surface area contributed by atoms with Crippen LogP contribution in [0.3, 0.4) is 0 Å². The van der Waals surface area contributed by atoms with Crippen molar-refractivity contribution in [3.05, 3.63) is 75.4 Å². The zero-order valence-electron chi connectivity index (χ0n) is 13.9. The molecule has 0 radical (unpaired) electrons. The third-order valence-electron chi connectivity index (χ3n) is 5.40. The molecule has 126 valence electrons.